The van der Waals surface area contributed by atoms with E-state index >= 15 is 0 Å². The number of hydrogen-bond donors (Lipinski definition) is 0. The van der Waals surface area contributed by atoms with Gasteiger partial charge in [-0.1, -0.05) is 119 Å². The molecule has 7 aromatic rings. The maximum atomic E-state index is 2.49. The van der Waals surface area contributed by atoms with E-state index in [2.05, 4.69) is 141 Å². The van der Waals surface area contributed by atoms with Crippen LogP contribution in [0.4, 0.5) is 0 Å². The van der Waals surface area contributed by atoms with Crippen LogP contribution in [0.1, 0.15) is 27.7 Å². The van der Waals surface area contributed by atoms with E-state index < -0.39 is 0 Å². The van der Waals surface area contributed by atoms with E-state index in [1.165, 1.54) is 76.9 Å². The van der Waals surface area contributed by atoms with Gasteiger partial charge in [0.25, 0.3) is 0 Å². The van der Waals surface area contributed by atoms with E-state index in [9.17, 15) is 0 Å². The van der Waals surface area contributed by atoms with Crippen LogP contribution in [0.15, 0.2) is 109 Å². The molecule has 3 heteroatoms. The van der Waals surface area contributed by atoms with Gasteiger partial charge in [0.2, 0.25) is 0 Å². The lowest BCUT2D eigenvalue weighted by molar-refractivity contribution is 0.177. The summed E-state index contributed by atoms with van der Waals surface area (Å²) in [7, 11) is 0. The predicted molar refractivity (Wildman–Crippen MR) is 182 cm³/mol. The average Bonchev–Trinajstić information content (AvgIpc) is 3.58. The molecule has 0 amide bonds. The van der Waals surface area contributed by atoms with Crippen LogP contribution in [0.25, 0.3) is 58.8 Å². The second kappa shape index (κ2) is 8.84. The number of rotatable bonds is 3. The molecule has 0 saturated carbocycles. The summed E-state index contributed by atoms with van der Waals surface area (Å²) in [6.07, 6.45) is 2.50. The molecule has 41 heavy (non-hydrogen) atoms. The molecule has 200 valence electrons. The Bertz CT molecular complexity index is 2090. The molecule has 1 saturated heterocycles. The highest BCUT2D eigenvalue weighted by molar-refractivity contribution is 7.25. The summed E-state index contributed by atoms with van der Waals surface area (Å²) < 4.78 is 5.14. The molecule has 0 unspecified atom stereocenters. The second-order valence-electron chi connectivity index (χ2n) is 13.4. The highest BCUT2D eigenvalue weighted by Crippen LogP contribution is 2.52. The fourth-order valence-corrected chi connectivity index (χ4v) is 8.47. The Labute approximate surface area is 246 Å². The van der Waals surface area contributed by atoms with E-state index in [-0.39, 0.29) is 0 Å². The number of nitrogens with zero attached hydrogens (tertiary/aromatic N) is 1. The summed E-state index contributed by atoms with van der Waals surface area (Å²) in [6.45, 7) is 10.4. The molecular formula is C38H34BNS. The molecule has 0 atom stereocenters. The summed E-state index contributed by atoms with van der Waals surface area (Å²) >= 11 is 1.88. The number of thiophene rings is 1. The van der Waals surface area contributed by atoms with Gasteiger partial charge in [0.05, 0.1) is 11.0 Å². The van der Waals surface area contributed by atoms with Crippen molar-refractivity contribution in [2.45, 2.75) is 40.3 Å². The van der Waals surface area contributed by atoms with Crippen molar-refractivity contribution in [3.63, 3.8) is 0 Å². The Hall–Kier alpha value is -3.82. The maximum absolute atomic E-state index is 2.49. The fraction of sp³-hybridized carbons (Fsp3) is 0.211. The maximum Gasteiger partial charge on any atom is 0.177 e. The monoisotopic (exact) mass is 547 g/mol. The Morgan fingerprint density at radius 2 is 1.20 bits per heavy atom. The van der Waals surface area contributed by atoms with Crippen molar-refractivity contribution in [2.75, 3.05) is 0 Å². The molecule has 0 bridgehead atoms. The standard InChI is InChI=1S/C38H34BNS/c1-37(2)23-39(24-38(37,3)4)27-16-20-34-32(22-27)29-9-5-7-11-33(29)40(34)28-17-13-25(14-18-28)26-15-19-31-30-10-6-8-12-35(30)41-36(31)21-26/h5-22H,23-24H2,1-4H3. The summed E-state index contributed by atoms with van der Waals surface area (Å²) in [5.74, 6) is 0. The summed E-state index contributed by atoms with van der Waals surface area (Å²) in [4.78, 5) is 0. The molecule has 0 N–H and O–H groups in total. The Balaban J connectivity index is 1.20. The molecule has 1 aliphatic rings. The molecule has 1 fully saturated rings. The van der Waals surface area contributed by atoms with Crippen LogP contribution in [0.3, 0.4) is 0 Å². The zero-order chi connectivity index (χ0) is 27.9. The number of aromatic nitrogens is 1. The molecule has 0 radical (unpaired) electrons. The summed E-state index contributed by atoms with van der Waals surface area (Å²) in [5.41, 5.74) is 8.47. The Morgan fingerprint density at radius 1 is 0.561 bits per heavy atom. The predicted octanol–water partition coefficient (Wildman–Crippen LogP) is 10.6. The van der Waals surface area contributed by atoms with Crippen molar-refractivity contribution < 1.29 is 0 Å². The van der Waals surface area contributed by atoms with Gasteiger partial charge in [0, 0.05) is 36.6 Å². The molecule has 1 nitrogen and oxygen atoms in total. The minimum absolute atomic E-state index is 0.351. The third-order valence-electron chi connectivity index (χ3n) is 10.4. The van der Waals surface area contributed by atoms with Gasteiger partial charge >= 0.3 is 0 Å². The van der Waals surface area contributed by atoms with Crippen molar-refractivity contribution in [1.29, 1.82) is 0 Å². The summed E-state index contributed by atoms with van der Waals surface area (Å²) in [5, 5.41) is 5.39. The van der Waals surface area contributed by atoms with Crippen LogP contribution < -0.4 is 5.46 Å². The van der Waals surface area contributed by atoms with Gasteiger partial charge in [-0.25, -0.2) is 0 Å². The van der Waals surface area contributed by atoms with Gasteiger partial charge < -0.3 is 4.57 Å². The van der Waals surface area contributed by atoms with Crippen LogP contribution in [0.5, 0.6) is 0 Å². The molecule has 1 aliphatic heterocycles. The highest BCUT2D eigenvalue weighted by Gasteiger charge is 2.48. The number of para-hydroxylation sites is 1. The SMILES string of the molecule is CC1(C)CB(c2ccc3c(c2)c2ccccc2n3-c2ccc(-c3ccc4c(c3)sc3ccccc34)cc2)CC1(C)C. The second-order valence-corrected chi connectivity index (χ2v) is 14.4. The molecular weight excluding hydrogens is 513 g/mol. The number of hydrogen-bond acceptors (Lipinski definition) is 1. The minimum atomic E-state index is 0.351. The third kappa shape index (κ3) is 3.82. The molecule has 5 aromatic carbocycles. The lowest BCUT2D eigenvalue weighted by Crippen LogP contribution is -2.27. The van der Waals surface area contributed by atoms with Crippen LogP contribution in [-0.4, -0.2) is 11.3 Å². The normalized spacial score (nSPS) is 16.4. The third-order valence-corrected chi connectivity index (χ3v) is 11.5. The van der Waals surface area contributed by atoms with Gasteiger partial charge in [-0.3, -0.25) is 0 Å². The lowest BCUT2D eigenvalue weighted by Gasteiger charge is -2.35. The Morgan fingerprint density at radius 3 is 1.98 bits per heavy atom. The van der Waals surface area contributed by atoms with E-state index in [0.29, 0.717) is 17.5 Å². The van der Waals surface area contributed by atoms with Crippen LogP contribution in [0, 0.1) is 10.8 Å². The molecule has 2 aromatic heterocycles. The molecule has 8 rings (SSSR count). The van der Waals surface area contributed by atoms with Crippen LogP contribution >= 0.6 is 11.3 Å². The lowest BCUT2D eigenvalue weighted by atomic mass is 9.42. The van der Waals surface area contributed by atoms with E-state index in [0.717, 1.165) is 0 Å². The topological polar surface area (TPSA) is 4.93 Å². The van der Waals surface area contributed by atoms with Gasteiger partial charge in [-0.05, 0) is 58.4 Å². The van der Waals surface area contributed by atoms with Gasteiger partial charge in [0.1, 0.15) is 0 Å². The smallest absolute Gasteiger partial charge is 0.177 e. The first-order valence-electron chi connectivity index (χ1n) is 14.8. The van der Waals surface area contributed by atoms with Gasteiger partial charge in [-0.15, -0.1) is 11.3 Å². The molecule has 0 spiro atoms. The van der Waals surface area contributed by atoms with Crippen molar-refractivity contribution >= 4 is 65.5 Å². The fourth-order valence-electron chi connectivity index (χ4n) is 7.32. The number of fused-ring (bicyclic) bond motifs is 6. The first kappa shape index (κ1) is 24.9. The van der Waals surface area contributed by atoms with Crippen molar-refractivity contribution in [3.05, 3.63) is 109 Å². The minimum Gasteiger partial charge on any atom is -0.309 e. The average molecular weight is 548 g/mol. The van der Waals surface area contributed by atoms with Crippen LogP contribution in [-0.2, 0) is 0 Å². The zero-order valence-electron chi connectivity index (χ0n) is 24.2. The van der Waals surface area contributed by atoms with E-state index in [1.807, 2.05) is 11.3 Å². The Kier molecular flexibility index (Phi) is 5.38. The zero-order valence-corrected chi connectivity index (χ0v) is 25.1. The molecule has 3 heterocycles. The van der Waals surface area contributed by atoms with E-state index in [1.54, 1.807) is 0 Å². The van der Waals surface area contributed by atoms with Crippen molar-refractivity contribution in [1.82, 2.24) is 4.57 Å². The van der Waals surface area contributed by atoms with Crippen LogP contribution in [0.2, 0.25) is 12.6 Å². The van der Waals surface area contributed by atoms with Gasteiger partial charge in [0.15, 0.2) is 6.71 Å². The van der Waals surface area contributed by atoms with E-state index in [4.69, 9.17) is 0 Å². The van der Waals surface area contributed by atoms with Gasteiger partial charge in [-0.2, -0.15) is 0 Å². The summed E-state index contributed by atoms with van der Waals surface area (Å²) in [6, 6.07) is 40.9. The first-order chi connectivity index (χ1) is 19.8. The first-order valence-corrected chi connectivity index (χ1v) is 15.7. The highest BCUT2D eigenvalue weighted by atomic mass is 32.1. The quantitative estimate of drug-likeness (QED) is 0.194. The van der Waals surface area contributed by atoms with Crippen molar-refractivity contribution in [3.8, 4) is 16.8 Å². The van der Waals surface area contributed by atoms with Crippen molar-refractivity contribution in [2.24, 2.45) is 10.8 Å². The number of benzene rings is 5. The largest absolute Gasteiger partial charge is 0.309 e. The molecule has 0 aliphatic carbocycles.